The lowest BCUT2D eigenvalue weighted by atomic mass is 9.82. The highest BCUT2D eigenvalue weighted by molar-refractivity contribution is 6.30. The van der Waals surface area contributed by atoms with Gasteiger partial charge in [0.1, 0.15) is 0 Å². The van der Waals surface area contributed by atoms with Gasteiger partial charge in [-0.05, 0) is 44.0 Å². The number of imide groups is 1. The zero-order valence-electron chi connectivity index (χ0n) is 18.4. The lowest BCUT2D eigenvalue weighted by Crippen LogP contribution is -2.49. The van der Waals surface area contributed by atoms with E-state index in [1.54, 1.807) is 0 Å². The van der Waals surface area contributed by atoms with E-state index >= 15 is 0 Å². The van der Waals surface area contributed by atoms with Crippen LogP contribution in [0.15, 0.2) is 54.1 Å². The van der Waals surface area contributed by atoms with Gasteiger partial charge in [0.25, 0.3) is 29.1 Å². The number of fused-ring (bicyclic) bond motifs is 1. The van der Waals surface area contributed by atoms with Gasteiger partial charge in [-0.3, -0.25) is 34.6 Å². The number of carbonyl (C=O) groups excluding carboxylic acids is 3. The Labute approximate surface area is 203 Å². The number of non-ortho nitro benzene ring substituents is 1. The second-order valence-electron chi connectivity index (χ2n) is 8.39. The number of carbonyl (C=O) groups is 3. The van der Waals surface area contributed by atoms with E-state index in [-0.39, 0.29) is 27.5 Å². The number of nitro groups is 2. The largest absolute Gasteiger partial charge is 0.275 e. The summed E-state index contributed by atoms with van der Waals surface area (Å²) in [5, 5.41) is 24.3. The number of nitrogens with zero attached hydrogens (tertiary/aromatic N) is 4. The Kier molecular flexibility index (Phi) is 6.35. The quantitative estimate of drug-likeness (QED) is 0.253. The summed E-state index contributed by atoms with van der Waals surface area (Å²) in [6, 6.07) is 8.51. The summed E-state index contributed by atoms with van der Waals surface area (Å²) in [5.74, 6) is -3.23. The molecule has 1 heterocycles. The minimum absolute atomic E-state index is 0.0306. The number of amides is 3. The number of benzene rings is 2. The van der Waals surface area contributed by atoms with Gasteiger partial charge in [-0.25, -0.2) is 5.01 Å². The first-order valence-corrected chi connectivity index (χ1v) is 11.0. The van der Waals surface area contributed by atoms with Crippen LogP contribution in [0.2, 0.25) is 5.02 Å². The third kappa shape index (κ3) is 4.50. The lowest BCUT2D eigenvalue weighted by Gasteiger charge is -2.30. The number of nitro benzene ring substituents is 2. The fourth-order valence-electron chi connectivity index (χ4n) is 4.37. The fourth-order valence-corrected chi connectivity index (χ4v) is 4.53. The summed E-state index contributed by atoms with van der Waals surface area (Å²) >= 11 is 5.90. The highest BCUT2D eigenvalue weighted by Crippen LogP contribution is 2.39. The molecule has 1 fully saturated rings. The van der Waals surface area contributed by atoms with Gasteiger partial charge in [-0.15, -0.1) is 0 Å². The molecule has 4 rings (SSSR count). The van der Waals surface area contributed by atoms with E-state index in [9.17, 15) is 34.6 Å². The van der Waals surface area contributed by atoms with Gasteiger partial charge in [-0.1, -0.05) is 23.3 Å². The zero-order valence-corrected chi connectivity index (χ0v) is 19.2. The Morgan fingerprint density at radius 3 is 2.34 bits per heavy atom. The predicted molar refractivity (Wildman–Crippen MR) is 123 cm³/mol. The van der Waals surface area contributed by atoms with Crippen molar-refractivity contribution in [2.24, 2.45) is 11.8 Å². The van der Waals surface area contributed by atoms with Crippen molar-refractivity contribution in [2.75, 3.05) is 0 Å². The topological polar surface area (TPSA) is 144 Å². The van der Waals surface area contributed by atoms with Crippen molar-refractivity contribution >= 4 is 40.7 Å². The van der Waals surface area contributed by atoms with Gasteiger partial charge < -0.3 is 0 Å². The maximum absolute atomic E-state index is 13.5. The van der Waals surface area contributed by atoms with Gasteiger partial charge in [0, 0.05) is 28.8 Å². The van der Waals surface area contributed by atoms with Gasteiger partial charge in [0.2, 0.25) is 0 Å². The molecule has 12 heteroatoms. The molecule has 180 valence electrons. The summed E-state index contributed by atoms with van der Waals surface area (Å²) in [5.41, 5.74) is 0.350. The van der Waals surface area contributed by atoms with E-state index in [0.29, 0.717) is 12.8 Å². The molecule has 1 aliphatic carbocycles. The molecule has 0 unspecified atom stereocenters. The van der Waals surface area contributed by atoms with Crippen LogP contribution in [0.1, 0.15) is 35.7 Å². The molecule has 2 aromatic rings. The maximum atomic E-state index is 13.5. The van der Waals surface area contributed by atoms with Gasteiger partial charge in [-0.2, -0.15) is 5.01 Å². The number of hydrogen-bond donors (Lipinski definition) is 0. The summed E-state index contributed by atoms with van der Waals surface area (Å²) in [6.07, 6.45) is 2.59. The van der Waals surface area contributed by atoms with E-state index in [1.807, 2.05) is 13.0 Å². The van der Waals surface area contributed by atoms with Gasteiger partial charge >= 0.3 is 0 Å². The summed E-state index contributed by atoms with van der Waals surface area (Å²) in [4.78, 5) is 61.4. The Bertz CT molecular complexity index is 1290. The molecule has 2 aliphatic rings. The third-order valence-corrected chi connectivity index (χ3v) is 6.40. The maximum Gasteiger partial charge on any atom is 0.275 e. The smallest absolute Gasteiger partial charge is 0.272 e. The average molecular weight is 499 g/mol. The van der Waals surface area contributed by atoms with E-state index in [4.69, 9.17) is 11.6 Å². The van der Waals surface area contributed by atoms with Crippen molar-refractivity contribution in [1.82, 2.24) is 10.0 Å². The van der Waals surface area contributed by atoms with E-state index < -0.39 is 45.9 Å². The molecule has 0 aromatic heterocycles. The molecule has 0 spiro atoms. The molecular formula is C23H19ClN4O7. The van der Waals surface area contributed by atoms with Crippen LogP contribution in [0.5, 0.6) is 0 Å². The molecule has 2 atom stereocenters. The number of rotatable bonds is 6. The van der Waals surface area contributed by atoms with E-state index in [0.717, 1.165) is 33.8 Å². The lowest BCUT2D eigenvalue weighted by molar-refractivity contribution is -0.385. The Balaban J connectivity index is 1.76. The predicted octanol–water partition coefficient (Wildman–Crippen LogP) is 4.06. The number of hydrazine groups is 1. The molecule has 2 aromatic carbocycles. The van der Waals surface area contributed by atoms with Crippen molar-refractivity contribution in [1.29, 1.82) is 0 Å². The number of allylic oxidation sites excluding steroid dienone is 2. The summed E-state index contributed by atoms with van der Waals surface area (Å²) in [6.45, 7) is 1.39. The molecule has 35 heavy (non-hydrogen) atoms. The van der Waals surface area contributed by atoms with Crippen LogP contribution >= 0.6 is 11.6 Å². The van der Waals surface area contributed by atoms with Crippen molar-refractivity contribution in [3.8, 4) is 0 Å². The zero-order chi connectivity index (χ0) is 25.4. The first-order chi connectivity index (χ1) is 16.6. The molecule has 0 bridgehead atoms. The molecule has 1 aliphatic heterocycles. The van der Waals surface area contributed by atoms with Crippen molar-refractivity contribution < 1.29 is 24.2 Å². The minimum Gasteiger partial charge on any atom is -0.272 e. The molecular weight excluding hydrogens is 480 g/mol. The molecule has 3 amide bonds. The summed E-state index contributed by atoms with van der Waals surface area (Å²) < 4.78 is 0. The van der Waals surface area contributed by atoms with Crippen LogP contribution in [0.3, 0.4) is 0 Å². The first kappa shape index (κ1) is 24.0. The van der Waals surface area contributed by atoms with Gasteiger partial charge in [0.05, 0.1) is 33.8 Å². The monoisotopic (exact) mass is 498 g/mol. The van der Waals surface area contributed by atoms with E-state index in [1.165, 1.54) is 24.3 Å². The fraction of sp³-hybridized carbons (Fsp3) is 0.261. The second kappa shape index (κ2) is 9.26. The molecule has 1 saturated heterocycles. The van der Waals surface area contributed by atoms with Crippen LogP contribution in [-0.2, 0) is 16.1 Å². The normalized spacial score (nSPS) is 19.3. The van der Waals surface area contributed by atoms with Crippen LogP contribution in [-0.4, -0.2) is 37.6 Å². The number of hydrogen-bond acceptors (Lipinski definition) is 7. The highest BCUT2D eigenvalue weighted by Gasteiger charge is 2.51. The standard InChI is InChI=1S/C23H19ClN4O7/c1-13-2-9-18-19(10-13)23(31)26(22(18)30)25(12-15-3-6-16(24)11-20(15)28(34)35)21(29)14-4-7-17(8-5-14)27(32)33/h2-8,11,18-19H,9-10,12H2,1H3/t18-,19+/m0/s1. The third-order valence-electron chi connectivity index (χ3n) is 6.16. The second-order valence-corrected chi connectivity index (χ2v) is 8.82. The van der Waals surface area contributed by atoms with Crippen LogP contribution < -0.4 is 0 Å². The van der Waals surface area contributed by atoms with Crippen molar-refractivity contribution in [2.45, 2.75) is 26.3 Å². The van der Waals surface area contributed by atoms with E-state index in [2.05, 4.69) is 0 Å². The van der Waals surface area contributed by atoms with Crippen LogP contribution in [0.25, 0.3) is 0 Å². The Morgan fingerprint density at radius 2 is 1.71 bits per heavy atom. The molecule has 0 radical (unpaired) electrons. The van der Waals surface area contributed by atoms with Crippen molar-refractivity contribution in [3.63, 3.8) is 0 Å². The highest BCUT2D eigenvalue weighted by atomic mass is 35.5. The SMILES string of the molecule is CC1=CC[C@@H]2C(=O)N(N(Cc3ccc(Cl)cc3[N+](=O)[O-])C(=O)c3ccc([N+](=O)[O-])cc3)C(=O)[C@@H]2C1. The Hall–Kier alpha value is -4.12. The van der Waals surface area contributed by atoms with Gasteiger partial charge in [0.15, 0.2) is 0 Å². The first-order valence-electron chi connectivity index (χ1n) is 10.6. The minimum atomic E-state index is -0.811. The Morgan fingerprint density at radius 1 is 1.06 bits per heavy atom. The molecule has 0 N–H and O–H groups in total. The molecule has 0 saturated carbocycles. The van der Waals surface area contributed by atoms with Crippen molar-refractivity contribution in [3.05, 3.63) is 90.5 Å². The van der Waals surface area contributed by atoms with Crippen LogP contribution in [0.4, 0.5) is 11.4 Å². The average Bonchev–Trinajstić information content (AvgIpc) is 3.07. The van der Waals surface area contributed by atoms with Crippen LogP contribution in [0, 0.1) is 32.1 Å². The number of halogens is 1. The summed E-state index contributed by atoms with van der Waals surface area (Å²) in [7, 11) is 0. The molecule has 11 nitrogen and oxygen atoms in total.